The molecule has 3 rings (SSSR count). The third kappa shape index (κ3) is 4.54. The Morgan fingerprint density at radius 2 is 1.89 bits per heavy atom. The Bertz CT molecular complexity index is 968. The number of nitrogens with zero attached hydrogens (tertiary/aromatic N) is 1. The van der Waals surface area contributed by atoms with E-state index in [0.717, 1.165) is 28.5 Å². The number of benzene rings is 2. The summed E-state index contributed by atoms with van der Waals surface area (Å²) in [7, 11) is 4.96. The van der Waals surface area contributed by atoms with Crippen molar-refractivity contribution in [3.63, 3.8) is 0 Å². The molecule has 0 saturated heterocycles. The molecule has 3 N–H and O–H groups in total. The number of halogens is 1. The molecule has 0 aliphatic rings. The van der Waals surface area contributed by atoms with Gasteiger partial charge in [-0.15, -0.1) is 0 Å². The van der Waals surface area contributed by atoms with Crippen LogP contribution in [0.15, 0.2) is 47.6 Å². The van der Waals surface area contributed by atoms with E-state index in [1.807, 2.05) is 24.4 Å². The van der Waals surface area contributed by atoms with Crippen LogP contribution in [-0.4, -0.2) is 38.8 Å². The second-order valence-electron chi connectivity index (χ2n) is 6.30. The summed E-state index contributed by atoms with van der Waals surface area (Å²) in [6, 6.07) is 10.6. The van der Waals surface area contributed by atoms with Crippen molar-refractivity contribution in [2.24, 2.45) is 4.99 Å². The van der Waals surface area contributed by atoms with Crippen molar-refractivity contribution in [2.75, 3.05) is 27.8 Å². The molecule has 7 heteroatoms. The number of fused-ring (bicyclic) bond motifs is 1. The van der Waals surface area contributed by atoms with Crippen molar-refractivity contribution in [3.05, 3.63) is 59.5 Å². The quantitative estimate of drug-likeness (QED) is 0.432. The Morgan fingerprint density at radius 1 is 1.07 bits per heavy atom. The van der Waals surface area contributed by atoms with Crippen molar-refractivity contribution in [1.82, 2.24) is 15.6 Å². The fraction of sp³-hybridized carbons (Fsp3) is 0.286. The van der Waals surface area contributed by atoms with Crippen molar-refractivity contribution in [1.29, 1.82) is 0 Å². The molecular formula is C21H25FN4O2. The van der Waals surface area contributed by atoms with Crippen LogP contribution in [0.5, 0.6) is 11.5 Å². The molecule has 0 saturated carbocycles. The summed E-state index contributed by atoms with van der Waals surface area (Å²) in [5, 5.41) is 7.47. The molecule has 1 heterocycles. The van der Waals surface area contributed by atoms with E-state index in [4.69, 9.17) is 9.47 Å². The zero-order chi connectivity index (χ0) is 19.9. The Labute approximate surface area is 163 Å². The van der Waals surface area contributed by atoms with Crippen LogP contribution in [0.25, 0.3) is 10.9 Å². The number of hydrogen-bond donors (Lipinski definition) is 3. The molecule has 0 atom stereocenters. The van der Waals surface area contributed by atoms with Gasteiger partial charge in [-0.05, 0) is 47.9 Å². The molecule has 0 bridgehead atoms. The predicted octanol–water partition coefficient (Wildman–Crippen LogP) is 3.23. The minimum absolute atomic E-state index is 0.228. The second kappa shape index (κ2) is 9.12. The number of nitrogens with one attached hydrogen (secondary N) is 3. The van der Waals surface area contributed by atoms with E-state index in [0.29, 0.717) is 30.5 Å². The molecule has 0 unspecified atom stereocenters. The molecule has 148 valence electrons. The van der Waals surface area contributed by atoms with Gasteiger partial charge in [0, 0.05) is 37.2 Å². The highest BCUT2D eigenvalue weighted by molar-refractivity contribution is 5.83. The highest BCUT2D eigenvalue weighted by atomic mass is 19.1. The van der Waals surface area contributed by atoms with Gasteiger partial charge in [-0.2, -0.15) is 0 Å². The number of aromatic nitrogens is 1. The van der Waals surface area contributed by atoms with Crippen LogP contribution in [0, 0.1) is 5.82 Å². The lowest BCUT2D eigenvalue weighted by Gasteiger charge is -2.13. The minimum atomic E-state index is -0.228. The first-order chi connectivity index (χ1) is 13.6. The summed E-state index contributed by atoms with van der Waals surface area (Å²) >= 11 is 0. The smallest absolute Gasteiger partial charge is 0.191 e. The van der Waals surface area contributed by atoms with Gasteiger partial charge < -0.3 is 25.1 Å². The van der Waals surface area contributed by atoms with E-state index >= 15 is 0 Å². The fourth-order valence-corrected chi connectivity index (χ4v) is 3.07. The molecule has 3 aromatic rings. The summed E-state index contributed by atoms with van der Waals surface area (Å²) in [6.07, 6.45) is 2.67. The molecule has 0 fully saturated rings. The first kappa shape index (κ1) is 19.5. The topological polar surface area (TPSA) is 70.7 Å². The molecular weight excluding hydrogens is 359 g/mol. The molecule has 0 amide bonds. The van der Waals surface area contributed by atoms with Gasteiger partial charge in [-0.1, -0.05) is 6.07 Å². The molecule has 0 spiro atoms. The maximum Gasteiger partial charge on any atom is 0.191 e. The van der Waals surface area contributed by atoms with E-state index in [9.17, 15) is 4.39 Å². The zero-order valence-corrected chi connectivity index (χ0v) is 16.3. The van der Waals surface area contributed by atoms with Gasteiger partial charge in [-0.3, -0.25) is 4.99 Å². The number of methoxy groups -OCH3 is 2. The zero-order valence-electron chi connectivity index (χ0n) is 16.3. The van der Waals surface area contributed by atoms with Crippen molar-refractivity contribution < 1.29 is 13.9 Å². The Morgan fingerprint density at radius 3 is 2.64 bits per heavy atom. The monoisotopic (exact) mass is 384 g/mol. The van der Waals surface area contributed by atoms with E-state index in [2.05, 4.69) is 20.6 Å². The summed E-state index contributed by atoms with van der Waals surface area (Å²) < 4.78 is 24.1. The van der Waals surface area contributed by atoms with Crippen LogP contribution < -0.4 is 20.1 Å². The molecule has 6 nitrogen and oxygen atoms in total. The van der Waals surface area contributed by atoms with E-state index in [1.165, 1.54) is 6.07 Å². The van der Waals surface area contributed by atoms with Gasteiger partial charge in [0.1, 0.15) is 5.82 Å². The van der Waals surface area contributed by atoms with Crippen LogP contribution in [-0.2, 0) is 13.0 Å². The average molecular weight is 384 g/mol. The molecule has 2 aromatic carbocycles. The summed E-state index contributed by atoms with van der Waals surface area (Å²) in [4.78, 5) is 7.42. The molecule has 0 radical (unpaired) electrons. The van der Waals surface area contributed by atoms with Crippen LogP contribution in [0.2, 0.25) is 0 Å². The third-order valence-electron chi connectivity index (χ3n) is 4.55. The highest BCUT2D eigenvalue weighted by Gasteiger charge is 2.07. The summed E-state index contributed by atoms with van der Waals surface area (Å²) in [5.41, 5.74) is 3.05. The molecule has 1 aromatic heterocycles. The van der Waals surface area contributed by atoms with Crippen LogP contribution >= 0.6 is 0 Å². The predicted molar refractivity (Wildman–Crippen MR) is 110 cm³/mol. The fourth-order valence-electron chi connectivity index (χ4n) is 3.07. The Kier molecular flexibility index (Phi) is 6.37. The van der Waals surface area contributed by atoms with Gasteiger partial charge in [0.2, 0.25) is 0 Å². The van der Waals surface area contributed by atoms with Gasteiger partial charge in [0.25, 0.3) is 0 Å². The lowest BCUT2D eigenvalue weighted by molar-refractivity contribution is 0.354. The first-order valence-corrected chi connectivity index (χ1v) is 9.05. The number of guanidine groups is 1. The lowest BCUT2D eigenvalue weighted by Crippen LogP contribution is -2.37. The number of ether oxygens (including phenoxy) is 2. The molecule has 28 heavy (non-hydrogen) atoms. The standard InChI is InChI=1S/C21H25FN4O2/c1-23-21(26-12-14-4-7-19(27-2)20(10-14)28-3)24-9-8-15-13-25-18-6-5-16(22)11-17(15)18/h4-7,10-11,13,25H,8-9,12H2,1-3H3,(H2,23,24,26). The van der Waals surface area contributed by atoms with Crippen LogP contribution in [0.4, 0.5) is 4.39 Å². The minimum Gasteiger partial charge on any atom is -0.493 e. The van der Waals surface area contributed by atoms with E-state index in [1.54, 1.807) is 33.4 Å². The number of H-pyrrole nitrogens is 1. The van der Waals surface area contributed by atoms with Gasteiger partial charge in [-0.25, -0.2) is 4.39 Å². The average Bonchev–Trinajstić information content (AvgIpc) is 3.12. The van der Waals surface area contributed by atoms with Crippen LogP contribution in [0.3, 0.4) is 0 Å². The second-order valence-corrected chi connectivity index (χ2v) is 6.30. The normalized spacial score (nSPS) is 11.5. The number of aromatic amines is 1. The van der Waals surface area contributed by atoms with Gasteiger partial charge in [0.05, 0.1) is 14.2 Å². The van der Waals surface area contributed by atoms with E-state index < -0.39 is 0 Å². The maximum absolute atomic E-state index is 13.5. The molecule has 0 aliphatic heterocycles. The van der Waals surface area contributed by atoms with Crippen LogP contribution in [0.1, 0.15) is 11.1 Å². The number of rotatable bonds is 7. The van der Waals surface area contributed by atoms with Crippen molar-refractivity contribution >= 4 is 16.9 Å². The maximum atomic E-state index is 13.5. The summed E-state index contributed by atoms with van der Waals surface area (Å²) in [5.74, 6) is 1.86. The number of hydrogen-bond acceptors (Lipinski definition) is 3. The largest absolute Gasteiger partial charge is 0.493 e. The van der Waals surface area contributed by atoms with Gasteiger partial charge >= 0.3 is 0 Å². The van der Waals surface area contributed by atoms with Crippen molar-refractivity contribution in [3.8, 4) is 11.5 Å². The Hall–Kier alpha value is -3.22. The SMILES string of the molecule is CN=C(NCCc1c[nH]c2ccc(F)cc12)NCc1ccc(OC)c(OC)c1. The summed E-state index contributed by atoms with van der Waals surface area (Å²) in [6.45, 7) is 1.27. The van der Waals surface area contributed by atoms with Crippen molar-refractivity contribution in [2.45, 2.75) is 13.0 Å². The highest BCUT2D eigenvalue weighted by Crippen LogP contribution is 2.27. The lowest BCUT2D eigenvalue weighted by atomic mass is 10.1. The Balaban J connectivity index is 1.54. The number of aliphatic imine (C=N–C) groups is 1. The third-order valence-corrected chi connectivity index (χ3v) is 4.55. The first-order valence-electron chi connectivity index (χ1n) is 9.05. The molecule has 0 aliphatic carbocycles. The van der Waals surface area contributed by atoms with E-state index in [-0.39, 0.29) is 5.82 Å². The van der Waals surface area contributed by atoms with Gasteiger partial charge in [0.15, 0.2) is 17.5 Å².